The van der Waals surface area contributed by atoms with Gasteiger partial charge in [0.15, 0.2) is 11.8 Å². The van der Waals surface area contributed by atoms with E-state index in [1.165, 1.54) is 0 Å². The normalized spacial score (nSPS) is 11.1. The summed E-state index contributed by atoms with van der Waals surface area (Å²) in [5.41, 5.74) is 7.30. The molecule has 3 aromatic rings. The van der Waals surface area contributed by atoms with E-state index in [0.717, 1.165) is 11.1 Å². The predicted molar refractivity (Wildman–Crippen MR) is 129 cm³/mol. The fraction of sp³-hybridized carbons (Fsp3) is 0.160. The van der Waals surface area contributed by atoms with Gasteiger partial charge in [-0.2, -0.15) is 12.6 Å². The summed E-state index contributed by atoms with van der Waals surface area (Å²) >= 11 is 4.10. The average molecular weight is 484 g/mol. The first kappa shape index (κ1) is 26.1. The van der Waals surface area contributed by atoms with E-state index in [9.17, 15) is 14.4 Å². The number of quaternary nitrogens is 1. The number of amides is 2. The highest BCUT2D eigenvalue weighted by Gasteiger charge is 2.19. The van der Waals surface area contributed by atoms with Crippen LogP contribution >= 0.6 is 12.6 Å². The molecule has 0 aromatic heterocycles. The lowest BCUT2D eigenvalue weighted by atomic mass is 10.0. The molecule has 5 N–H and O–H groups in total. The maximum atomic E-state index is 13.2. The Hall–Kier alpha value is -3.13. The van der Waals surface area contributed by atoms with Crippen LogP contribution in [0.1, 0.15) is 27.0 Å². The van der Waals surface area contributed by atoms with Gasteiger partial charge >= 0.3 is 0 Å². The molecule has 0 saturated carbocycles. The first-order chi connectivity index (χ1) is 15.4. The Morgan fingerprint density at radius 1 is 0.939 bits per heavy atom. The van der Waals surface area contributed by atoms with Gasteiger partial charge in [-0.3, -0.25) is 14.4 Å². The monoisotopic (exact) mass is 483 g/mol. The van der Waals surface area contributed by atoms with E-state index in [2.05, 4.69) is 29.0 Å². The van der Waals surface area contributed by atoms with E-state index in [4.69, 9.17) is 0 Å². The van der Waals surface area contributed by atoms with Crippen molar-refractivity contribution in [3.05, 3.63) is 95.1 Å². The molecule has 2 amide bonds. The lowest BCUT2D eigenvalue weighted by molar-refractivity contribution is -0.395. The Kier molecular flexibility index (Phi) is 9.66. The molecule has 8 heteroatoms. The first-order valence-corrected chi connectivity index (χ1v) is 10.8. The van der Waals surface area contributed by atoms with Crippen molar-refractivity contribution < 1.29 is 32.5 Å². The largest absolute Gasteiger partial charge is 1.00 e. The van der Waals surface area contributed by atoms with Crippen LogP contribution in [0, 0.1) is 6.92 Å². The number of thiol groups is 1. The lowest BCUT2D eigenvalue weighted by Crippen LogP contribution is -3.00. The molecule has 0 aliphatic carbocycles. The van der Waals surface area contributed by atoms with E-state index >= 15 is 0 Å². The molecule has 0 radical (unpaired) electrons. The fourth-order valence-corrected chi connectivity index (χ4v) is 3.36. The smallest absolute Gasteiger partial charge is 0.283 e. The van der Waals surface area contributed by atoms with Gasteiger partial charge in [-0.05, 0) is 30.7 Å². The average Bonchev–Trinajstić information content (AvgIpc) is 2.79. The van der Waals surface area contributed by atoms with Crippen molar-refractivity contribution in [2.45, 2.75) is 19.4 Å². The van der Waals surface area contributed by atoms with E-state index < -0.39 is 6.04 Å². The van der Waals surface area contributed by atoms with Crippen molar-refractivity contribution in [2.75, 3.05) is 16.4 Å². The third-order valence-electron chi connectivity index (χ3n) is 4.88. The Bertz CT molecular complexity index is 1140. The lowest BCUT2D eigenvalue weighted by Gasteiger charge is -2.14. The van der Waals surface area contributed by atoms with Gasteiger partial charge in [0, 0.05) is 16.8 Å². The van der Waals surface area contributed by atoms with Crippen LogP contribution < -0.4 is 28.8 Å². The molecular weight excluding hydrogens is 458 g/mol. The number of nitrogens with one attached hydrogen (secondary N) is 2. The first-order valence-electron chi connectivity index (χ1n) is 10.2. The van der Waals surface area contributed by atoms with Crippen LogP contribution in [0.25, 0.3) is 0 Å². The molecule has 0 spiro atoms. The number of rotatable bonds is 8. The van der Waals surface area contributed by atoms with Gasteiger partial charge < -0.3 is 28.8 Å². The van der Waals surface area contributed by atoms with Gasteiger partial charge in [-0.15, -0.1) is 0 Å². The zero-order valence-electron chi connectivity index (χ0n) is 18.2. The zero-order valence-corrected chi connectivity index (χ0v) is 19.8. The molecule has 172 valence electrons. The number of aryl methyl sites for hydroxylation is 1. The standard InChI is InChI=1S/C25H25N3O3S.ClH/c1-16-6-5-7-17(12-16)13-23(29)28-22-11-10-19(27-25(31)21(26)15-32)14-20(22)24(30)18-8-3-2-4-9-18;/h2-12,14,21,32H,13,15,26H2,1H3,(H,27,31)(H,28,29);1H/t21-;/m0./s1. The van der Waals surface area contributed by atoms with Crippen LogP contribution in [-0.2, 0) is 16.0 Å². The number of benzene rings is 3. The topological polar surface area (TPSA) is 103 Å². The van der Waals surface area contributed by atoms with Crippen LogP contribution in [-0.4, -0.2) is 29.4 Å². The van der Waals surface area contributed by atoms with Crippen molar-refractivity contribution in [2.24, 2.45) is 0 Å². The molecule has 1 atom stereocenters. The van der Waals surface area contributed by atoms with E-state index in [1.54, 1.807) is 42.5 Å². The predicted octanol–water partition coefficient (Wildman–Crippen LogP) is -0.110. The summed E-state index contributed by atoms with van der Waals surface area (Å²) in [6.07, 6.45) is 0.185. The Labute approximate surface area is 204 Å². The minimum atomic E-state index is -0.527. The molecule has 3 rings (SSSR count). The Morgan fingerprint density at radius 3 is 2.33 bits per heavy atom. The summed E-state index contributed by atoms with van der Waals surface area (Å²) in [6, 6.07) is 20.8. The molecule has 0 heterocycles. The van der Waals surface area contributed by atoms with E-state index in [1.807, 2.05) is 37.3 Å². The van der Waals surface area contributed by atoms with Crippen LogP contribution in [0.4, 0.5) is 11.4 Å². The van der Waals surface area contributed by atoms with Crippen molar-refractivity contribution in [3.8, 4) is 0 Å². The number of carbonyl (C=O) groups is 3. The molecular formula is C25H26ClN3O3S. The summed E-state index contributed by atoms with van der Waals surface area (Å²) in [6.45, 7) is 1.97. The third-order valence-corrected chi connectivity index (χ3v) is 5.32. The fourth-order valence-electron chi connectivity index (χ4n) is 3.19. The van der Waals surface area contributed by atoms with Gasteiger partial charge in [0.1, 0.15) is 0 Å². The van der Waals surface area contributed by atoms with Gasteiger partial charge in [0.25, 0.3) is 5.91 Å². The van der Waals surface area contributed by atoms with Crippen molar-refractivity contribution in [3.63, 3.8) is 0 Å². The number of anilines is 2. The maximum Gasteiger partial charge on any atom is 0.283 e. The summed E-state index contributed by atoms with van der Waals surface area (Å²) in [5.74, 6) is -0.487. The van der Waals surface area contributed by atoms with E-state index in [0.29, 0.717) is 22.7 Å². The molecule has 33 heavy (non-hydrogen) atoms. The second kappa shape index (κ2) is 12.2. The summed E-state index contributed by atoms with van der Waals surface area (Å²) < 4.78 is 0. The molecule has 0 bridgehead atoms. The highest BCUT2D eigenvalue weighted by atomic mass is 35.5. The minimum Gasteiger partial charge on any atom is -1.00 e. The SMILES string of the molecule is Cc1cccc(CC(=O)Nc2ccc(NC(=O)[C@@H]([NH3+])CS)cc2C(=O)c2ccccc2)c1.[Cl-]. The number of ketones is 1. The highest BCUT2D eigenvalue weighted by Crippen LogP contribution is 2.24. The van der Waals surface area contributed by atoms with Crippen LogP contribution in [0.15, 0.2) is 72.8 Å². The quantitative estimate of drug-likeness (QED) is 0.265. The molecule has 0 aliphatic heterocycles. The summed E-state index contributed by atoms with van der Waals surface area (Å²) in [7, 11) is 0. The summed E-state index contributed by atoms with van der Waals surface area (Å²) in [4.78, 5) is 38.1. The van der Waals surface area contributed by atoms with E-state index in [-0.39, 0.29) is 42.0 Å². The van der Waals surface area contributed by atoms with Gasteiger partial charge in [-0.1, -0.05) is 60.2 Å². The highest BCUT2D eigenvalue weighted by molar-refractivity contribution is 7.80. The van der Waals surface area contributed by atoms with Crippen LogP contribution in [0.5, 0.6) is 0 Å². The number of hydrogen-bond acceptors (Lipinski definition) is 4. The third kappa shape index (κ3) is 7.18. The van der Waals surface area contributed by atoms with Crippen molar-refractivity contribution in [1.29, 1.82) is 0 Å². The Morgan fingerprint density at radius 2 is 1.67 bits per heavy atom. The summed E-state index contributed by atoms with van der Waals surface area (Å²) in [5, 5.41) is 5.60. The van der Waals surface area contributed by atoms with Crippen molar-refractivity contribution in [1.82, 2.24) is 0 Å². The second-order valence-corrected chi connectivity index (χ2v) is 7.90. The van der Waals surface area contributed by atoms with Crippen LogP contribution in [0.2, 0.25) is 0 Å². The van der Waals surface area contributed by atoms with Gasteiger partial charge in [0.05, 0.1) is 17.9 Å². The molecule has 0 saturated heterocycles. The Balaban J connectivity index is 0.00000385. The second-order valence-electron chi connectivity index (χ2n) is 7.54. The minimum absolute atomic E-state index is 0. The number of hydrogen-bond donors (Lipinski definition) is 4. The maximum absolute atomic E-state index is 13.2. The number of carbonyl (C=O) groups excluding carboxylic acids is 3. The molecule has 0 aliphatic rings. The molecule has 0 unspecified atom stereocenters. The van der Waals surface area contributed by atoms with Gasteiger partial charge in [0.2, 0.25) is 5.91 Å². The van der Waals surface area contributed by atoms with Crippen molar-refractivity contribution >= 4 is 41.6 Å². The molecule has 3 aromatic carbocycles. The van der Waals surface area contributed by atoms with Crippen LogP contribution in [0.3, 0.4) is 0 Å². The molecule has 6 nitrogen and oxygen atoms in total. The van der Waals surface area contributed by atoms with Gasteiger partial charge in [-0.25, -0.2) is 0 Å². The zero-order chi connectivity index (χ0) is 23.1. The number of halogens is 1. The molecule has 0 fully saturated rings.